The van der Waals surface area contributed by atoms with Crippen molar-refractivity contribution < 1.29 is 24.9 Å². The summed E-state index contributed by atoms with van der Waals surface area (Å²) in [6.45, 7) is 2.85. The molecule has 2 aromatic rings. The number of nitrogens with one attached hydrogen (secondary N) is 1. The summed E-state index contributed by atoms with van der Waals surface area (Å²) in [4.78, 5) is 19.6. The number of rotatable bonds is 13. The average molecular weight is 663 g/mol. The highest BCUT2D eigenvalue weighted by Gasteiger charge is 2.56. The van der Waals surface area contributed by atoms with Crippen LogP contribution in [0.15, 0.2) is 82.3 Å². The Morgan fingerprint density at radius 3 is 2.96 bits per heavy atom. The fourth-order valence-electron chi connectivity index (χ4n) is 9.37. The van der Waals surface area contributed by atoms with Crippen molar-refractivity contribution in [3.05, 3.63) is 99.5 Å². The van der Waals surface area contributed by atoms with Crippen LogP contribution in [0.4, 0.5) is 0 Å². The number of hydrogen-bond acceptors (Lipinski definition) is 9. The molecule has 2 aromatic carbocycles. The van der Waals surface area contributed by atoms with Gasteiger partial charge in [0.05, 0.1) is 24.5 Å². The fraction of sp³-hybridized carbons (Fsp3) is 0.450. The van der Waals surface area contributed by atoms with Crippen LogP contribution in [-0.2, 0) is 16.6 Å². The molecule has 0 spiro atoms. The Morgan fingerprint density at radius 2 is 2.10 bits per heavy atom. The van der Waals surface area contributed by atoms with Crippen LogP contribution >= 0.6 is 0 Å². The second kappa shape index (κ2) is 12.6. The second-order valence-electron chi connectivity index (χ2n) is 14.6. The van der Waals surface area contributed by atoms with Gasteiger partial charge in [-0.1, -0.05) is 55.7 Å². The van der Waals surface area contributed by atoms with E-state index in [1.165, 1.54) is 39.1 Å². The molecule has 0 radical (unpaired) electrons. The molecular weight excluding hydrogens is 616 g/mol. The molecule has 6 aliphatic rings. The summed E-state index contributed by atoms with van der Waals surface area (Å²) in [5.41, 5.74) is 18.9. The van der Waals surface area contributed by atoms with Crippen molar-refractivity contribution in [3.8, 4) is 11.5 Å². The number of benzene rings is 2. The smallest absolute Gasteiger partial charge is 0.163 e. The molecule has 6 N–H and O–H groups in total. The molecule has 0 saturated heterocycles. The quantitative estimate of drug-likeness (QED) is 0.192. The summed E-state index contributed by atoms with van der Waals surface area (Å²) in [5, 5.41) is 34.3. The molecule has 49 heavy (non-hydrogen) atoms. The molecule has 3 heterocycles. The lowest BCUT2D eigenvalue weighted by Crippen LogP contribution is -2.42. The maximum Gasteiger partial charge on any atom is 0.163 e. The Kier molecular flexibility index (Phi) is 8.25. The number of ether oxygens (including phenoxy) is 1. The Bertz CT molecular complexity index is 1860. The molecule has 256 valence electrons. The van der Waals surface area contributed by atoms with E-state index >= 15 is 0 Å². The maximum absolute atomic E-state index is 12.5. The van der Waals surface area contributed by atoms with E-state index in [1.54, 1.807) is 23.8 Å². The summed E-state index contributed by atoms with van der Waals surface area (Å²) in [6.07, 6.45) is 11.8. The first kappa shape index (κ1) is 32.0. The Labute approximate surface area is 287 Å². The Hall–Kier alpha value is -4.18. The summed E-state index contributed by atoms with van der Waals surface area (Å²) in [7, 11) is 0. The third-order valence-corrected chi connectivity index (χ3v) is 11.5. The lowest BCUT2D eigenvalue weighted by atomic mass is 9.57. The summed E-state index contributed by atoms with van der Waals surface area (Å²) in [5.74, 6) is 0.781. The molecule has 9 heteroatoms. The third-order valence-electron chi connectivity index (χ3n) is 11.5. The number of carbonyl (C=O) groups excluding carboxylic acids is 1. The number of phenols is 1. The number of hydrogen-bond donors (Lipinski definition) is 5. The van der Waals surface area contributed by atoms with Gasteiger partial charge in [0.1, 0.15) is 11.9 Å². The Balaban J connectivity index is 0.962. The van der Waals surface area contributed by atoms with Gasteiger partial charge in [-0.2, -0.15) is 0 Å². The topological polar surface area (TPSA) is 141 Å². The number of nitrogens with zero attached hydrogens (tertiary/aromatic N) is 2. The van der Waals surface area contributed by atoms with Gasteiger partial charge < -0.3 is 36.0 Å². The zero-order valence-electron chi connectivity index (χ0n) is 28.1. The van der Waals surface area contributed by atoms with E-state index in [4.69, 9.17) is 15.5 Å². The first-order valence-electron chi connectivity index (χ1n) is 17.9. The number of ketones is 1. The summed E-state index contributed by atoms with van der Waals surface area (Å²) >= 11 is 0. The molecular formula is C40H46N4O5. The van der Waals surface area contributed by atoms with Crippen LogP contribution in [0.1, 0.15) is 93.1 Å². The molecule has 3 aliphatic carbocycles. The van der Waals surface area contributed by atoms with Gasteiger partial charge in [0.15, 0.2) is 18.2 Å². The number of aryl methyl sites for hydroxylation is 1. The van der Waals surface area contributed by atoms with Gasteiger partial charge in [0, 0.05) is 47.5 Å². The minimum absolute atomic E-state index is 0.0301. The number of carbonyl (C=O) groups is 1. The van der Waals surface area contributed by atoms with E-state index in [9.17, 15) is 20.1 Å². The molecule has 1 fully saturated rings. The minimum atomic E-state index is -0.838. The van der Waals surface area contributed by atoms with Crippen molar-refractivity contribution in [1.82, 2.24) is 10.2 Å². The first-order chi connectivity index (χ1) is 23.8. The molecule has 9 nitrogen and oxygen atoms in total. The molecule has 5 atom stereocenters. The van der Waals surface area contributed by atoms with Crippen LogP contribution in [0.3, 0.4) is 0 Å². The van der Waals surface area contributed by atoms with Gasteiger partial charge in [-0.15, -0.1) is 0 Å². The van der Waals surface area contributed by atoms with Crippen molar-refractivity contribution in [2.45, 2.75) is 94.9 Å². The largest absolute Gasteiger partial charge is 0.504 e. The van der Waals surface area contributed by atoms with Crippen LogP contribution in [0, 0.1) is 5.92 Å². The van der Waals surface area contributed by atoms with Crippen LogP contribution in [0.25, 0.3) is 5.57 Å². The lowest BCUT2D eigenvalue weighted by molar-refractivity contribution is -0.121. The molecule has 1 saturated carbocycles. The number of aromatic hydroxyl groups is 1. The monoisotopic (exact) mass is 662 g/mol. The van der Waals surface area contributed by atoms with Gasteiger partial charge in [0.2, 0.25) is 0 Å². The van der Waals surface area contributed by atoms with Crippen molar-refractivity contribution in [2.24, 2.45) is 16.6 Å². The normalized spacial score (nSPS) is 25.5. The minimum Gasteiger partial charge on any atom is -0.504 e. The van der Waals surface area contributed by atoms with Crippen LogP contribution in [0.5, 0.6) is 11.5 Å². The fourth-order valence-corrected chi connectivity index (χ4v) is 9.37. The number of nitrogens with two attached hydrogens (primary N) is 1. The van der Waals surface area contributed by atoms with E-state index < -0.39 is 12.2 Å². The molecule has 5 unspecified atom stereocenters. The van der Waals surface area contributed by atoms with Gasteiger partial charge >= 0.3 is 0 Å². The number of aliphatic hydroxyl groups excluding tert-OH is 2. The van der Waals surface area contributed by atoms with Crippen LogP contribution < -0.4 is 15.8 Å². The molecule has 0 aromatic heterocycles. The van der Waals surface area contributed by atoms with Crippen molar-refractivity contribution in [1.29, 1.82) is 0 Å². The van der Waals surface area contributed by atoms with Gasteiger partial charge in [-0.25, -0.2) is 0 Å². The SMILES string of the molecule is CCCC(O)CC(O)CC(=O)CCc1ccc(O)c(OCN2C=C3C(C45CCCC4C4=C6C(=CC4)NC(N)c4cccc5c46)=CN=C3C2)c1. The predicted octanol–water partition coefficient (Wildman–Crippen LogP) is 5.42. The standard InChI is InChI=1S/C40H46N4O5/c1-2-5-24(45)17-26(47)18-25(46)11-9-23-10-14-35(48)36(16-23)49-22-44-20-29-32(19-42-34(29)21-44)40-15-4-8-30(40)27-12-13-33-38(27)37-28(39(41)43-33)6-3-7-31(37)40/h3,6-7,10,13-14,16,19-20,24,26,30,39,43,45,47-48H,2,4-5,8-9,11-12,15,17-18,21-22,41H2,1H3. The second-order valence-corrected chi connectivity index (χ2v) is 14.6. The average Bonchev–Trinajstić information content (AvgIpc) is 3.87. The molecule has 8 rings (SSSR count). The number of aliphatic imine (C=N–C) groups is 1. The number of Topliss-reactive ketones (excluding diaryl/α,β-unsaturated/α-hetero) is 1. The highest BCUT2D eigenvalue weighted by atomic mass is 16.5. The lowest BCUT2D eigenvalue weighted by Gasteiger charge is -2.46. The van der Waals surface area contributed by atoms with Crippen LogP contribution in [-0.4, -0.2) is 57.2 Å². The zero-order chi connectivity index (χ0) is 33.9. The number of allylic oxidation sites excluding steroid dienone is 4. The predicted molar refractivity (Wildman–Crippen MR) is 189 cm³/mol. The first-order valence-corrected chi connectivity index (χ1v) is 17.9. The van der Waals surface area contributed by atoms with E-state index in [0.717, 1.165) is 43.4 Å². The van der Waals surface area contributed by atoms with Gasteiger partial charge in [-0.05, 0) is 84.4 Å². The Morgan fingerprint density at radius 1 is 1.22 bits per heavy atom. The number of fused-ring (bicyclic) bond motifs is 4. The highest BCUT2D eigenvalue weighted by Crippen LogP contribution is 2.64. The number of phenolic OH excluding ortho intramolecular Hbond substituents is 1. The summed E-state index contributed by atoms with van der Waals surface area (Å²) < 4.78 is 6.16. The van der Waals surface area contributed by atoms with E-state index in [0.29, 0.717) is 31.1 Å². The third kappa shape index (κ3) is 5.43. The van der Waals surface area contributed by atoms with Gasteiger partial charge in [0.25, 0.3) is 0 Å². The highest BCUT2D eigenvalue weighted by molar-refractivity contribution is 6.10. The van der Waals surface area contributed by atoms with Crippen molar-refractivity contribution in [2.75, 3.05) is 13.3 Å². The summed E-state index contributed by atoms with van der Waals surface area (Å²) in [6, 6.07) is 11.8. The van der Waals surface area contributed by atoms with Crippen molar-refractivity contribution in [3.63, 3.8) is 0 Å². The molecule has 3 aliphatic heterocycles. The molecule has 0 amide bonds. The van der Waals surface area contributed by atoms with E-state index in [-0.39, 0.29) is 49.1 Å². The molecule has 0 bridgehead atoms. The van der Waals surface area contributed by atoms with Gasteiger partial charge in [-0.3, -0.25) is 9.79 Å². The maximum atomic E-state index is 12.5. The van der Waals surface area contributed by atoms with E-state index in [2.05, 4.69) is 46.9 Å². The number of aliphatic hydroxyl groups is 2. The van der Waals surface area contributed by atoms with Crippen molar-refractivity contribution >= 4 is 17.1 Å². The van der Waals surface area contributed by atoms with Crippen LogP contribution in [0.2, 0.25) is 0 Å². The zero-order valence-corrected chi connectivity index (χ0v) is 28.1. The van der Waals surface area contributed by atoms with E-state index in [1.807, 2.05) is 6.92 Å².